The maximum absolute atomic E-state index is 13.5. The van der Waals surface area contributed by atoms with E-state index in [4.69, 9.17) is 5.73 Å². The second-order valence-electron chi connectivity index (χ2n) is 3.96. The molecule has 2 rings (SSSR count). The van der Waals surface area contributed by atoms with Crippen LogP contribution < -0.4 is 11.1 Å². The Morgan fingerprint density at radius 2 is 1.67 bits per heavy atom. The first-order valence-corrected chi connectivity index (χ1v) is 5.67. The van der Waals surface area contributed by atoms with E-state index < -0.39 is 0 Å². The molecule has 1 unspecified atom stereocenters. The van der Waals surface area contributed by atoms with Gasteiger partial charge in [0.1, 0.15) is 11.6 Å². The van der Waals surface area contributed by atoms with Crippen molar-refractivity contribution in [3.05, 3.63) is 65.7 Å². The monoisotopic (exact) mass is 248 g/mol. The van der Waals surface area contributed by atoms with Gasteiger partial charge in [-0.3, -0.25) is 0 Å². The van der Waals surface area contributed by atoms with Gasteiger partial charge in [0, 0.05) is 6.54 Å². The van der Waals surface area contributed by atoms with E-state index in [0.717, 1.165) is 5.56 Å². The van der Waals surface area contributed by atoms with Crippen LogP contribution in [0.3, 0.4) is 0 Å². The van der Waals surface area contributed by atoms with Crippen LogP contribution >= 0.6 is 0 Å². The molecule has 4 heteroatoms. The summed E-state index contributed by atoms with van der Waals surface area (Å²) in [6, 6.07) is 12.1. The van der Waals surface area contributed by atoms with Crippen LogP contribution in [-0.4, -0.2) is 6.54 Å². The molecular formula is C14H14F2N2. The van der Waals surface area contributed by atoms with E-state index in [2.05, 4.69) is 5.32 Å². The first-order chi connectivity index (χ1) is 8.70. The summed E-state index contributed by atoms with van der Waals surface area (Å²) in [5.74, 6) is -0.640. The van der Waals surface area contributed by atoms with Crippen LogP contribution in [0.15, 0.2) is 48.5 Å². The van der Waals surface area contributed by atoms with Crippen LogP contribution in [-0.2, 0) is 0 Å². The van der Waals surface area contributed by atoms with E-state index in [1.54, 1.807) is 30.3 Å². The average Bonchev–Trinajstić information content (AvgIpc) is 2.39. The first-order valence-electron chi connectivity index (χ1n) is 5.67. The minimum Gasteiger partial charge on any atom is -0.375 e. The molecule has 0 bridgehead atoms. The van der Waals surface area contributed by atoms with E-state index in [1.165, 1.54) is 18.2 Å². The van der Waals surface area contributed by atoms with Gasteiger partial charge in [-0.15, -0.1) is 0 Å². The van der Waals surface area contributed by atoms with Gasteiger partial charge in [0.15, 0.2) is 0 Å². The minimum absolute atomic E-state index is 0.248. The predicted octanol–water partition coefficient (Wildman–Crippen LogP) is 3.08. The molecule has 2 aromatic rings. The van der Waals surface area contributed by atoms with Crippen LogP contribution in [0.5, 0.6) is 0 Å². The number of para-hydroxylation sites is 1. The predicted molar refractivity (Wildman–Crippen MR) is 68.2 cm³/mol. The highest BCUT2D eigenvalue weighted by atomic mass is 19.1. The van der Waals surface area contributed by atoms with Crippen LogP contribution in [0, 0.1) is 11.6 Å². The normalized spacial score (nSPS) is 12.2. The Bertz CT molecular complexity index is 511. The smallest absolute Gasteiger partial charge is 0.146 e. The Hall–Kier alpha value is -1.94. The maximum Gasteiger partial charge on any atom is 0.146 e. The summed E-state index contributed by atoms with van der Waals surface area (Å²) in [6.45, 7) is 0.292. The summed E-state index contributed by atoms with van der Waals surface area (Å²) in [6.07, 6.45) is 0. The standard InChI is InChI=1S/C14H14F2N2/c15-11-7-5-10(6-8-11)14(9-17)18-13-4-2-1-3-12(13)16/h1-8,14,18H,9,17H2. The van der Waals surface area contributed by atoms with E-state index >= 15 is 0 Å². The Morgan fingerprint density at radius 3 is 2.28 bits per heavy atom. The molecule has 1 atom stereocenters. The van der Waals surface area contributed by atoms with Gasteiger partial charge in [-0.05, 0) is 29.8 Å². The Balaban J connectivity index is 2.20. The number of nitrogens with one attached hydrogen (secondary N) is 1. The van der Waals surface area contributed by atoms with E-state index in [1.807, 2.05) is 0 Å². The number of halogens is 2. The van der Waals surface area contributed by atoms with Gasteiger partial charge < -0.3 is 11.1 Å². The number of nitrogens with two attached hydrogens (primary N) is 1. The molecule has 0 saturated carbocycles. The van der Waals surface area contributed by atoms with Crippen molar-refractivity contribution in [3.63, 3.8) is 0 Å². The SMILES string of the molecule is NCC(Nc1ccccc1F)c1ccc(F)cc1. The van der Waals surface area contributed by atoms with Crippen LogP contribution in [0.2, 0.25) is 0 Å². The highest BCUT2D eigenvalue weighted by Gasteiger charge is 2.11. The van der Waals surface area contributed by atoms with Gasteiger partial charge in [-0.1, -0.05) is 24.3 Å². The van der Waals surface area contributed by atoms with Crippen molar-refractivity contribution in [1.29, 1.82) is 0 Å². The Morgan fingerprint density at radius 1 is 1.00 bits per heavy atom. The molecule has 0 radical (unpaired) electrons. The topological polar surface area (TPSA) is 38.0 Å². The fourth-order valence-electron chi connectivity index (χ4n) is 1.74. The molecule has 0 aliphatic carbocycles. The van der Waals surface area contributed by atoms with E-state index in [0.29, 0.717) is 12.2 Å². The molecule has 0 amide bonds. The lowest BCUT2D eigenvalue weighted by atomic mass is 10.1. The number of hydrogen-bond donors (Lipinski definition) is 2. The number of anilines is 1. The van der Waals surface area contributed by atoms with Gasteiger partial charge in [-0.25, -0.2) is 8.78 Å². The molecule has 0 heterocycles. The van der Waals surface area contributed by atoms with Crippen molar-refractivity contribution in [2.75, 3.05) is 11.9 Å². The highest BCUT2D eigenvalue weighted by Crippen LogP contribution is 2.21. The zero-order chi connectivity index (χ0) is 13.0. The lowest BCUT2D eigenvalue weighted by Crippen LogP contribution is -2.21. The molecule has 2 nitrogen and oxygen atoms in total. The summed E-state index contributed by atoms with van der Waals surface area (Å²) in [5.41, 5.74) is 6.87. The largest absolute Gasteiger partial charge is 0.375 e. The Kier molecular flexibility index (Phi) is 3.89. The van der Waals surface area contributed by atoms with Crippen molar-refractivity contribution < 1.29 is 8.78 Å². The number of rotatable bonds is 4. The molecule has 0 aliphatic heterocycles. The van der Waals surface area contributed by atoms with Gasteiger partial charge in [0.05, 0.1) is 11.7 Å². The van der Waals surface area contributed by atoms with Crippen molar-refractivity contribution in [3.8, 4) is 0 Å². The molecule has 2 aromatic carbocycles. The van der Waals surface area contributed by atoms with Crippen LogP contribution in [0.4, 0.5) is 14.5 Å². The maximum atomic E-state index is 13.5. The zero-order valence-corrected chi connectivity index (χ0v) is 9.74. The zero-order valence-electron chi connectivity index (χ0n) is 9.74. The molecule has 3 N–H and O–H groups in total. The molecule has 0 aromatic heterocycles. The molecule has 94 valence electrons. The molecule has 0 fully saturated rings. The van der Waals surface area contributed by atoms with Crippen molar-refractivity contribution in [2.45, 2.75) is 6.04 Å². The van der Waals surface area contributed by atoms with Gasteiger partial charge >= 0.3 is 0 Å². The Labute approximate surface area is 104 Å². The summed E-state index contributed by atoms with van der Waals surface area (Å²) in [7, 11) is 0. The molecule has 0 aliphatic rings. The first kappa shape index (κ1) is 12.5. The van der Waals surface area contributed by atoms with Crippen LogP contribution in [0.25, 0.3) is 0 Å². The summed E-state index contributed by atoms with van der Waals surface area (Å²) in [5, 5.41) is 3.01. The second-order valence-corrected chi connectivity index (χ2v) is 3.96. The van der Waals surface area contributed by atoms with Crippen molar-refractivity contribution in [2.24, 2.45) is 5.73 Å². The van der Waals surface area contributed by atoms with Crippen LogP contribution in [0.1, 0.15) is 11.6 Å². The van der Waals surface area contributed by atoms with E-state index in [9.17, 15) is 8.78 Å². The third kappa shape index (κ3) is 2.84. The molecule has 0 saturated heterocycles. The summed E-state index contributed by atoms with van der Waals surface area (Å²) >= 11 is 0. The summed E-state index contributed by atoms with van der Waals surface area (Å²) < 4.78 is 26.3. The summed E-state index contributed by atoms with van der Waals surface area (Å²) in [4.78, 5) is 0. The average molecular weight is 248 g/mol. The highest BCUT2D eigenvalue weighted by molar-refractivity contribution is 5.46. The van der Waals surface area contributed by atoms with Gasteiger partial charge in [-0.2, -0.15) is 0 Å². The fraction of sp³-hybridized carbons (Fsp3) is 0.143. The van der Waals surface area contributed by atoms with E-state index in [-0.39, 0.29) is 17.7 Å². The molecule has 0 spiro atoms. The quantitative estimate of drug-likeness (QED) is 0.872. The molecule has 18 heavy (non-hydrogen) atoms. The second kappa shape index (κ2) is 5.60. The van der Waals surface area contributed by atoms with Gasteiger partial charge in [0.2, 0.25) is 0 Å². The minimum atomic E-state index is -0.335. The van der Waals surface area contributed by atoms with Crippen molar-refractivity contribution >= 4 is 5.69 Å². The lowest BCUT2D eigenvalue weighted by molar-refractivity contribution is 0.621. The number of hydrogen-bond acceptors (Lipinski definition) is 2. The lowest BCUT2D eigenvalue weighted by Gasteiger charge is -2.19. The van der Waals surface area contributed by atoms with Crippen molar-refractivity contribution in [1.82, 2.24) is 0 Å². The molecular weight excluding hydrogens is 234 g/mol. The number of benzene rings is 2. The third-order valence-electron chi connectivity index (χ3n) is 2.71. The van der Waals surface area contributed by atoms with Gasteiger partial charge in [0.25, 0.3) is 0 Å². The third-order valence-corrected chi connectivity index (χ3v) is 2.71. The fourth-order valence-corrected chi connectivity index (χ4v) is 1.74.